The molecule has 0 saturated heterocycles. The first-order valence-corrected chi connectivity index (χ1v) is 4.32. The minimum atomic E-state index is -0.887. The number of rotatable bonds is 4. The van der Waals surface area contributed by atoms with E-state index in [2.05, 4.69) is 6.92 Å². The standard InChI is InChI=1S/C9H20FN/c1-5-6-7(2)8(10)9(3,4)11/h7-8H,5-6,11H2,1-4H3. The maximum Gasteiger partial charge on any atom is 0.120 e. The molecule has 68 valence electrons. The Morgan fingerprint density at radius 3 is 2.18 bits per heavy atom. The van der Waals surface area contributed by atoms with E-state index in [0.717, 1.165) is 12.8 Å². The lowest BCUT2D eigenvalue weighted by Crippen LogP contribution is -2.45. The molecule has 0 saturated carbocycles. The van der Waals surface area contributed by atoms with E-state index in [1.54, 1.807) is 13.8 Å². The van der Waals surface area contributed by atoms with Crippen LogP contribution in [0, 0.1) is 5.92 Å². The summed E-state index contributed by atoms with van der Waals surface area (Å²) >= 11 is 0. The van der Waals surface area contributed by atoms with E-state index in [0.29, 0.717) is 0 Å². The fourth-order valence-corrected chi connectivity index (χ4v) is 1.33. The third-order valence-electron chi connectivity index (χ3n) is 1.95. The highest BCUT2D eigenvalue weighted by atomic mass is 19.1. The fourth-order valence-electron chi connectivity index (χ4n) is 1.33. The van der Waals surface area contributed by atoms with E-state index in [4.69, 9.17) is 5.73 Å². The van der Waals surface area contributed by atoms with Crippen molar-refractivity contribution in [3.05, 3.63) is 0 Å². The van der Waals surface area contributed by atoms with Crippen LogP contribution in [0.15, 0.2) is 0 Å². The second-order valence-corrected chi connectivity index (χ2v) is 3.99. The van der Waals surface area contributed by atoms with Crippen LogP contribution in [-0.2, 0) is 0 Å². The predicted molar refractivity (Wildman–Crippen MR) is 47.2 cm³/mol. The lowest BCUT2D eigenvalue weighted by atomic mass is 9.88. The Hall–Kier alpha value is -0.110. The normalized spacial score (nSPS) is 18.0. The minimum Gasteiger partial charge on any atom is -0.323 e. The van der Waals surface area contributed by atoms with Crippen LogP contribution in [0.4, 0.5) is 4.39 Å². The maximum atomic E-state index is 13.4. The number of hydrogen-bond donors (Lipinski definition) is 1. The Morgan fingerprint density at radius 1 is 1.45 bits per heavy atom. The molecule has 0 fully saturated rings. The molecule has 0 aromatic carbocycles. The monoisotopic (exact) mass is 161 g/mol. The van der Waals surface area contributed by atoms with Crippen molar-refractivity contribution in [2.45, 2.75) is 52.2 Å². The summed E-state index contributed by atoms with van der Waals surface area (Å²) in [6, 6.07) is 0. The van der Waals surface area contributed by atoms with Crippen LogP contribution < -0.4 is 5.73 Å². The van der Waals surface area contributed by atoms with E-state index in [9.17, 15) is 4.39 Å². The van der Waals surface area contributed by atoms with Gasteiger partial charge in [-0.2, -0.15) is 0 Å². The highest BCUT2D eigenvalue weighted by Gasteiger charge is 2.29. The topological polar surface area (TPSA) is 26.0 Å². The highest BCUT2D eigenvalue weighted by molar-refractivity contribution is 4.85. The molecule has 2 heteroatoms. The van der Waals surface area contributed by atoms with E-state index < -0.39 is 11.7 Å². The van der Waals surface area contributed by atoms with Crippen molar-refractivity contribution in [3.8, 4) is 0 Å². The quantitative estimate of drug-likeness (QED) is 0.673. The van der Waals surface area contributed by atoms with Gasteiger partial charge in [0.1, 0.15) is 6.17 Å². The van der Waals surface area contributed by atoms with Crippen LogP contribution in [0.1, 0.15) is 40.5 Å². The summed E-state index contributed by atoms with van der Waals surface area (Å²) in [4.78, 5) is 0. The van der Waals surface area contributed by atoms with Crippen LogP contribution >= 0.6 is 0 Å². The third-order valence-corrected chi connectivity index (χ3v) is 1.95. The maximum absolute atomic E-state index is 13.4. The van der Waals surface area contributed by atoms with Gasteiger partial charge < -0.3 is 5.73 Å². The van der Waals surface area contributed by atoms with Crippen molar-refractivity contribution in [1.82, 2.24) is 0 Å². The van der Waals surface area contributed by atoms with Gasteiger partial charge in [0.25, 0.3) is 0 Å². The molecule has 0 bridgehead atoms. The summed E-state index contributed by atoms with van der Waals surface area (Å²) in [5.41, 5.74) is 4.95. The Morgan fingerprint density at radius 2 is 1.91 bits per heavy atom. The molecule has 1 nitrogen and oxygen atoms in total. The summed E-state index contributed by atoms with van der Waals surface area (Å²) in [5.74, 6) is 0.0833. The van der Waals surface area contributed by atoms with Gasteiger partial charge in [-0.05, 0) is 26.2 Å². The second-order valence-electron chi connectivity index (χ2n) is 3.99. The average molecular weight is 161 g/mol. The van der Waals surface area contributed by atoms with Gasteiger partial charge in [-0.15, -0.1) is 0 Å². The summed E-state index contributed by atoms with van der Waals surface area (Å²) in [7, 11) is 0. The van der Waals surface area contributed by atoms with Crippen LogP contribution in [0.2, 0.25) is 0 Å². The van der Waals surface area contributed by atoms with E-state index in [1.165, 1.54) is 0 Å². The predicted octanol–water partition coefficient (Wildman–Crippen LogP) is 2.50. The zero-order valence-corrected chi connectivity index (χ0v) is 8.02. The Labute approximate surface area is 69.2 Å². The van der Waals surface area contributed by atoms with Crippen molar-refractivity contribution in [1.29, 1.82) is 0 Å². The SMILES string of the molecule is CCCC(C)C(F)C(C)(C)N. The van der Waals surface area contributed by atoms with Crippen molar-refractivity contribution in [2.24, 2.45) is 11.7 Å². The Balaban J connectivity index is 3.91. The summed E-state index contributed by atoms with van der Waals surface area (Å²) < 4.78 is 13.4. The van der Waals surface area contributed by atoms with E-state index in [1.807, 2.05) is 6.92 Å². The van der Waals surface area contributed by atoms with Gasteiger partial charge in [0.2, 0.25) is 0 Å². The average Bonchev–Trinajstić information content (AvgIpc) is 1.85. The van der Waals surface area contributed by atoms with Gasteiger partial charge in [-0.1, -0.05) is 20.3 Å². The molecule has 0 amide bonds. The minimum absolute atomic E-state index is 0.0833. The van der Waals surface area contributed by atoms with Gasteiger partial charge in [0, 0.05) is 5.54 Å². The molecule has 0 rings (SSSR count). The smallest absolute Gasteiger partial charge is 0.120 e. The van der Waals surface area contributed by atoms with Crippen LogP contribution in [0.5, 0.6) is 0 Å². The van der Waals surface area contributed by atoms with E-state index in [-0.39, 0.29) is 5.92 Å². The molecule has 0 radical (unpaired) electrons. The molecule has 2 N–H and O–H groups in total. The number of alkyl halides is 1. The van der Waals surface area contributed by atoms with Crippen LogP contribution in [0.25, 0.3) is 0 Å². The van der Waals surface area contributed by atoms with Crippen molar-refractivity contribution in [3.63, 3.8) is 0 Å². The van der Waals surface area contributed by atoms with Gasteiger partial charge in [-0.3, -0.25) is 0 Å². The first-order valence-electron chi connectivity index (χ1n) is 4.32. The zero-order valence-electron chi connectivity index (χ0n) is 8.02. The number of hydrogen-bond acceptors (Lipinski definition) is 1. The molecule has 0 aromatic heterocycles. The molecule has 2 unspecified atom stereocenters. The highest BCUT2D eigenvalue weighted by Crippen LogP contribution is 2.21. The summed E-state index contributed by atoms with van der Waals surface area (Å²) in [6.07, 6.45) is 1.06. The van der Waals surface area contributed by atoms with Gasteiger partial charge in [-0.25, -0.2) is 4.39 Å². The van der Waals surface area contributed by atoms with Crippen molar-refractivity contribution in [2.75, 3.05) is 0 Å². The first kappa shape index (κ1) is 10.9. The molecule has 0 heterocycles. The van der Waals surface area contributed by atoms with Gasteiger partial charge in [0.05, 0.1) is 0 Å². The second kappa shape index (κ2) is 4.05. The molecule has 2 atom stereocenters. The van der Waals surface area contributed by atoms with Gasteiger partial charge >= 0.3 is 0 Å². The van der Waals surface area contributed by atoms with E-state index >= 15 is 0 Å². The molecule has 0 aromatic rings. The van der Waals surface area contributed by atoms with Gasteiger partial charge in [0.15, 0.2) is 0 Å². The van der Waals surface area contributed by atoms with Crippen molar-refractivity contribution < 1.29 is 4.39 Å². The Bertz CT molecular complexity index is 107. The molecule has 0 spiro atoms. The lowest BCUT2D eigenvalue weighted by molar-refractivity contribution is 0.146. The summed E-state index contributed by atoms with van der Waals surface area (Å²) in [6.45, 7) is 7.46. The molecule has 0 aliphatic carbocycles. The third kappa shape index (κ3) is 3.71. The Kier molecular flexibility index (Phi) is 4.01. The lowest BCUT2D eigenvalue weighted by Gasteiger charge is -2.28. The molecule has 11 heavy (non-hydrogen) atoms. The summed E-state index contributed by atoms with van der Waals surface area (Å²) in [5, 5.41) is 0. The fraction of sp³-hybridized carbons (Fsp3) is 1.00. The molecular formula is C9H20FN. The largest absolute Gasteiger partial charge is 0.323 e. The first-order chi connectivity index (χ1) is 4.89. The number of nitrogens with two attached hydrogens (primary N) is 1. The van der Waals surface area contributed by atoms with Crippen molar-refractivity contribution >= 4 is 0 Å². The molecule has 0 aliphatic rings. The number of halogens is 1. The van der Waals surface area contributed by atoms with Crippen LogP contribution in [-0.4, -0.2) is 11.7 Å². The molecule has 0 aliphatic heterocycles. The van der Waals surface area contributed by atoms with Crippen LogP contribution in [0.3, 0.4) is 0 Å². The molecular weight excluding hydrogens is 141 g/mol. The zero-order chi connectivity index (χ0) is 9.07.